The molecule has 1 amide bonds. The van der Waals surface area contributed by atoms with Crippen molar-refractivity contribution in [1.82, 2.24) is 4.90 Å². The molecule has 0 unspecified atom stereocenters. The third-order valence-corrected chi connectivity index (χ3v) is 2.97. The zero-order chi connectivity index (χ0) is 13.1. The van der Waals surface area contributed by atoms with Crippen LogP contribution in [0.15, 0.2) is 0 Å². The van der Waals surface area contributed by atoms with E-state index in [1.807, 2.05) is 20.8 Å². The fraction of sp³-hybridized carbons (Fsp3) is 0.917. The molecule has 0 aromatic rings. The van der Waals surface area contributed by atoms with Crippen LogP contribution in [0.5, 0.6) is 0 Å². The van der Waals surface area contributed by atoms with Crippen LogP contribution in [0.25, 0.3) is 0 Å². The van der Waals surface area contributed by atoms with Gasteiger partial charge in [-0.15, -0.1) is 0 Å². The molecule has 0 aromatic heterocycles. The minimum Gasteiger partial charge on any atom is -0.444 e. The average molecular weight is 245 g/mol. The van der Waals surface area contributed by atoms with Crippen LogP contribution in [0.4, 0.5) is 4.79 Å². The summed E-state index contributed by atoms with van der Waals surface area (Å²) >= 11 is 0. The molecule has 0 saturated carbocycles. The Balaban J connectivity index is 2.70. The van der Waals surface area contributed by atoms with Crippen molar-refractivity contribution < 1.29 is 19.7 Å². The second kappa shape index (κ2) is 5.69. The number of amides is 1. The van der Waals surface area contributed by atoms with Crippen LogP contribution in [0.3, 0.4) is 0 Å². The topological polar surface area (TPSA) is 70.0 Å². The minimum absolute atomic E-state index is 0.00940. The van der Waals surface area contributed by atoms with Crippen molar-refractivity contribution in [3.05, 3.63) is 0 Å². The highest BCUT2D eigenvalue weighted by Crippen LogP contribution is 2.25. The van der Waals surface area contributed by atoms with Crippen molar-refractivity contribution in [1.29, 1.82) is 0 Å². The summed E-state index contributed by atoms with van der Waals surface area (Å²) in [5.41, 5.74) is -0.538. The monoisotopic (exact) mass is 245 g/mol. The number of ether oxygens (including phenoxy) is 1. The zero-order valence-electron chi connectivity index (χ0n) is 10.8. The van der Waals surface area contributed by atoms with Crippen molar-refractivity contribution in [2.45, 2.75) is 45.3 Å². The van der Waals surface area contributed by atoms with Gasteiger partial charge in [0.15, 0.2) is 0 Å². The summed E-state index contributed by atoms with van der Waals surface area (Å²) in [6.45, 7) is 5.87. The maximum Gasteiger partial charge on any atom is 0.410 e. The van der Waals surface area contributed by atoms with Crippen molar-refractivity contribution in [2.75, 3.05) is 19.8 Å². The molecular formula is C12H23NO4. The van der Waals surface area contributed by atoms with Crippen molar-refractivity contribution in [2.24, 2.45) is 5.92 Å². The van der Waals surface area contributed by atoms with Gasteiger partial charge in [-0.3, -0.25) is 0 Å². The Kier molecular flexibility index (Phi) is 4.77. The number of rotatable bonds is 2. The normalized spacial score (nSPS) is 25.8. The van der Waals surface area contributed by atoms with Gasteiger partial charge in [-0.2, -0.15) is 0 Å². The standard InChI is InChI=1S/C12H23NO4/c1-12(2,3)17-11(16)13-6-4-5-9(7-14)10(13)8-15/h9-10,14-15H,4-8H2,1-3H3/t9-,10+/m1/s1. The van der Waals surface area contributed by atoms with E-state index in [4.69, 9.17) is 4.74 Å². The Bertz CT molecular complexity index is 262. The van der Waals surface area contributed by atoms with E-state index < -0.39 is 11.7 Å². The van der Waals surface area contributed by atoms with Gasteiger partial charge in [-0.1, -0.05) is 0 Å². The molecule has 0 aromatic carbocycles. The van der Waals surface area contributed by atoms with Crippen LogP contribution in [0, 0.1) is 5.92 Å². The summed E-state index contributed by atoms with van der Waals surface area (Å²) in [6, 6.07) is -0.330. The van der Waals surface area contributed by atoms with E-state index in [0.29, 0.717) is 6.54 Å². The molecule has 2 N–H and O–H groups in total. The molecular weight excluding hydrogens is 222 g/mol. The molecule has 2 atom stereocenters. The van der Waals surface area contributed by atoms with Crippen LogP contribution >= 0.6 is 0 Å². The van der Waals surface area contributed by atoms with Gasteiger partial charge in [-0.05, 0) is 33.6 Å². The first-order valence-corrected chi connectivity index (χ1v) is 6.10. The molecule has 1 rings (SSSR count). The van der Waals surface area contributed by atoms with Gasteiger partial charge in [0, 0.05) is 19.1 Å². The molecule has 1 saturated heterocycles. The van der Waals surface area contributed by atoms with E-state index in [2.05, 4.69) is 0 Å². The van der Waals surface area contributed by atoms with Crippen molar-refractivity contribution >= 4 is 6.09 Å². The molecule has 0 aliphatic carbocycles. The molecule has 17 heavy (non-hydrogen) atoms. The highest BCUT2D eigenvalue weighted by Gasteiger charge is 2.35. The Morgan fingerprint density at radius 2 is 2.00 bits per heavy atom. The van der Waals surface area contributed by atoms with Gasteiger partial charge < -0.3 is 19.8 Å². The van der Waals surface area contributed by atoms with Gasteiger partial charge in [0.1, 0.15) is 5.60 Å². The molecule has 0 bridgehead atoms. The molecule has 5 nitrogen and oxygen atoms in total. The van der Waals surface area contributed by atoms with Crippen LogP contribution < -0.4 is 0 Å². The lowest BCUT2D eigenvalue weighted by atomic mass is 9.90. The van der Waals surface area contributed by atoms with E-state index in [1.54, 1.807) is 0 Å². The van der Waals surface area contributed by atoms with Crippen LogP contribution in [-0.2, 0) is 4.74 Å². The number of carbonyl (C=O) groups is 1. The fourth-order valence-electron chi connectivity index (χ4n) is 2.14. The molecule has 0 spiro atoms. The summed E-state index contributed by atoms with van der Waals surface area (Å²) in [5.74, 6) is -0.0544. The first-order chi connectivity index (χ1) is 7.89. The predicted octanol–water partition coefficient (Wildman–Crippen LogP) is 0.987. The molecule has 100 valence electrons. The third-order valence-electron chi connectivity index (χ3n) is 2.97. The number of piperidine rings is 1. The summed E-state index contributed by atoms with van der Waals surface area (Å²) in [6.07, 6.45) is 1.26. The Morgan fingerprint density at radius 3 is 2.47 bits per heavy atom. The summed E-state index contributed by atoms with van der Waals surface area (Å²) in [4.78, 5) is 13.5. The van der Waals surface area contributed by atoms with Crippen LogP contribution in [0.1, 0.15) is 33.6 Å². The quantitative estimate of drug-likeness (QED) is 0.761. The van der Waals surface area contributed by atoms with E-state index in [9.17, 15) is 15.0 Å². The first kappa shape index (κ1) is 14.3. The molecule has 1 aliphatic rings. The molecule has 1 fully saturated rings. The minimum atomic E-state index is -0.538. The summed E-state index contributed by atoms with van der Waals surface area (Å²) < 4.78 is 5.30. The van der Waals surface area contributed by atoms with E-state index in [1.165, 1.54) is 4.90 Å². The Morgan fingerprint density at radius 1 is 1.35 bits per heavy atom. The second-order valence-electron chi connectivity index (χ2n) is 5.51. The molecule has 0 radical (unpaired) electrons. The lowest BCUT2D eigenvalue weighted by Gasteiger charge is -2.40. The Labute approximate surface area is 102 Å². The zero-order valence-corrected chi connectivity index (χ0v) is 10.8. The highest BCUT2D eigenvalue weighted by molar-refractivity contribution is 5.68. The van der Waals surface area contributed by atoms with Gasteiger partial charge in [0.05, 0.1) is 12.6 Å². The maximum absolute atomic E-state index is 12.0. The average Bonchev–Trinajstić information content (AvgIpc) is 2.25. The highest BCUT2D eigenvalue weighted by atomic mass is 16.6. The van der Waals surface area contributed by atoms with Crippen molar-refractivity contribution in [3.8, 4) is 0 Å². The van der Waals surface area contributed by atoms with E-state index in [0.717, 1.165) is 12.8 Å². The number of hydrogen-bond acceptors (Lipinski definition) is 4. The fourth-order valence-corrected chi connectivity index (χ4v) is 2.14. The molecule has 1 aliphatic heterocycles. The largest absolute Gasteiger partial charge is 0.444 e. The number of nitrogens with zero attached hydrogens (tertiary/aromatic N) is 1. The van der Waals surface area contributed by atoms with Crippen molar-refractivity contribution in [3.63, 3.8) is 0 Å². The molecule has 5 heteroatoms. The number of hydrogen-bond donors (Lipinski definition) is 2. The maximum atomic E-state index is 12.0. The SMILES string of the molecule is CC(C)(C)OC(=O)N1CCC[C@H](CO)[C@@H]1CO. The number of carbonyl (C=O) groups excluding carboxylic acids is 1. The van der Waals surface area contributed by atoms with E-state index in [-0.39, 0.29) is 25.2 Å². The smallest absolute Gasteiger partial charge is 0.410 e. The lowest BCUT2D eigenvalue weighted by Crippen LogP contribution is -2.52. The predicted molar refractivity (Wildman–Crippen MR) is 63.6 cm³/mol. The number of aliphatic hydroxyl groups excluding tert-OH is 2. The second-order valence-corrected chi connectivity index (χ2v) is 5.51. The van der Waals surface area contributed by atoms with Gasteiger partial charge in [0.2, 0.25) is 0 Å². The molecule has 1 heterocycles. The lowest BCUT2D eigenvalue weighted by molar-refractivity contribution is -0.0189. The van der Waals surface area contributed by atoms with Gasteiger partial charge in [-0.25, -0.2) is 4.79 Å². The van der Waals surface area contributed by atoms with Crippen LogP contribution in [0.2, 0.25) is 0 Å². The summed E-state index contributed by atoms with van der Waals surface area (Å²) in [5, 5.41) is 18.6. The first-order valence-electron chi connectivity index (χ1n) is 6.10. The van der Waals surface area contributed by atoms with Gasteiger partial charge >= 0.3 is 6.09 Å². The van der Waals surface area contributed by atoms with E-state index >= 15 is 0 Å². The Hall–Kier alpha value is -0.810. The third kappa shape index (κ3) is 3.85. The number of likely N-dealkylation sites (tertiary alicyclic amines) is 1. The summed E-state index contributed by atoms with van der Waals surface area (Å²) in [7, 11) is 0. The van der Waals surface area contributed by atoms with Gasteiger partial charge in [0.25, 0.3) is 0 Å². The number of aliphatic hydroxyl groups is 2. The van der Waals surface area contributed by atoms with Crippen LogP contribution in [-0.4, -0.2) is 52.6 Å².